The van der Waals surface area contributed by atoms with Gasteiger partial charge in [0.05, 0.1) is 0 Å². The van der Waals surface area contributed by atoms with Gasteiger partial charge < -0.3 is 0 Å². The van der Waals surface area contributed by atoms with Crippen molar-refractivity contribution in [2.24, 2.45) is 0 Å². The molecular formula is C18H22Y-2. The summed E-state index contributed by atoms with van der Waals surface area (Å²) in [6.45, 7) is 12.7. The summed E-state index contributed by atoms with van der Waals surface area (Å²) < 4.78 is 0. The van der Waals surface area contributed by atoms with E-state index in [1.165, 1.54) is 33.4 Å². The molecule has 2 rings (SSSR count). The fourth-order valence-electron chi connectivity index (χ4n) is 1.64. The molecule has 0 heterocycles. The zero-order valence-electron chi connectivity index (χ0n) is 12.9. The van der Waals surface area contributed by atoms with E-state index in [9.17, 15) is 0 Å². The van der Waals surface area contributed by atoms with Crippen LogP contribution in [-0.4, -0.2) is 0 Å². The predicted octanol–water partition coefficient (Wildman–Crippen LogP) is 4.82. The molecular weight excluding hydrogens is 305 g/mol. The van der Waals surface area contributed by atoms with Crippen LogP contribution in [0, 0.1) is 53.7 Å². The minimum atomic E-state index is 0. The summed E-state index contributed by atoms with van der Waals surface area (Å²) in [5.74, 6) is 0. The van der Waals surface area contributed by atoms with Gasteiger partial charge in [0, 0.05) is 32.7 Å². The molecule has 0 nitrogen and oxygen atoms in total. The van der Waals surface area contributed by atoms with Crippen molar-refractivity contribution in [3.05, 3.63) is 69.8 Å². The molecule has 19 heavy (non-hydrogen) atoms. The largest absolute Gasteiger partial charge is 0.183 e. The molecule has 0 N–H and O–H groups in total. The van der Waals surface area contributed by atoms with E-state index in [0.29, 0.717) is 0 Å². The third-order valence-corrected chi connectivity index (χ3v) is 3.57. The summed E-state index contributed by atoms with van der Waals surface area (Å²) >= 11 is 0. The summed E-state index contributed by atoms with van der Waals surface area (Å²) in [5.41, 5.74) is 8.08. The molecule has 2 aromatic carbocycles. The second-order valence-electron chi connectivity index (χ2n) is 4.89. The number of hydrogen-bond acceptors (Lipinski definition) is 0. The molecule has 0 unspecified atom stereocenters. The molecule has 0 saturated carbocycles. The molecule has 1 radical (unpaired) electrons. The summed E-state index contributed by atoms with van der Waals surface area (Å²) in [6, 6.07) is 14.2. The number of aryl methyl sites for hydroxylation is 4. The summed E-state index contributed by atoms with van der Waals surface area (Å²) in [4.78, 5) is 0. The van der Waals surface area contributed by atoms with Crippen LogP contribution in [0.3, 0.4) is 0 Å². The van der Waals surface area contributed by atoms with E-state index in [-0.39, 0.29) is 32.7 Å². The first-order valence-corrected chi connectivity index (χ1v) is 6.31. The van der Waals surface area contributed by atoms with Crippen molar-refractivity contribution in [1.29, 1.82) is 0 Å². The Morgan fingerprint density at radius 2 is 0.737 bits per heavy atom. The maximum atomic E-state index is 3.07. The van der Waals surface area contributed by atoms with E-state index in [2.05, 4.69) is 53.7 Å². The molecule has 0 atom stereocenters. The van der Waals surface area contributed by atoms with Gasteiger partial charge in [-0.15, -0.1) is 0 Å². The molecule has 0 bridgehead atoms. The second kappa shape index (κ2) is 8.66. The standard InChI is InChI=1S/2C9H11.Y/c2*1-7-5-4-6-8(2)9(7)3;/h2*5-6H,1-3H3;/q2*-1;. The number of benzene rings is 2. The Balaban J connectivity index is 0.000000324. The molecule has 1 heteroatoms. The van der Waals surface area contributed by atoms with Gasteiger partial charge in [-0.1, -0.05) is 41.5 Å². The molecule has 0 spiro atoms. The molecule has 0 aromatic heterocycles. The van der Waals surface area contributed by atoms with Gasteiger partial charge in [-0.05, 0) is 0 Å². The summed E-state index contributed by atoms with van der Waals surface area (Å²) in [7, 11) is 0. The van der Waals surface area contributed by atoms with Crippen molar-refractivity contribution in [2.75, 3.05) is 0 Å². The smallest absolute Gasteiger partial charge is 0 e. The van der Waals surface area contributed by atoms with Gasteiger partial charge in [0.25, 0.3) is 0 Å². The maximum absolute atomic E-state index is 3.07. The average molecular weight is 327 g/mol. The Bertz CT molecular complexity index is 437. The Morgan fingerprint density at radius 3 is 0.895 bits per heavy atom. The van der Waals surface area contributed by atoms with Gasteiger partial charge in [-0.25, -0.2) is 0 Å². The first-order valence-electron chi connectivity index (χ1n) is 6.31. The zero-order valence-corrected chi connectivity index (χ0v) is 15.7. The normalized spacial score (nSPS) is 9.16. The SMILES string of the molecule is Cc1c[c-]cc(C)c1C.Cc1c[c-]cc(C)c1C.[Y]. The van der Waals surface area contributed by atoms with Gasteiger partial charge in [-0.3, -0.25) is 0 Å². The quantitative estimate of drug-likeness (QED) is 0.609. The molecule has 0 aliphatic rings. The van der Waals surface area contributed by atoms with Crippen LogP contribution in [-0.2, 0) is 32.7 Å². The van der Waals surface area contributed by atoms with Crippen LogP contribution in [0.15, 0.2) is 24.3 Å². The minimum Gasteiger partial charge on any atom is -0.183 e. The summed E-state index contributed by atoms with van der Waals surface area (Å²) in [6.07, 6.45) is 0. The number of hydrogen-bond donors (Lipinski definition) is 0. The van der Waals surface area contributed by atoms with E-state index in [1.54, 1.807) is 0 Å². The predicted molar refractivity (Wildman–Crippen MR) is 79.0 cm³/mol. The van der Waals surface area contributed by atoms with Crippen LogP contribution in [0.1, 0.15) is 33.4 Å². The van der Waals surface area contributed by atoms with E-state index in [1.807, 2.05) is 24.3 Å². The zero-order chi connectivity index (χ0) is 13.7. The van der Waals surface area contributed by atoms with Gasteiger partial charge in [0.1, 0.15) is 0 Å². The van der Waals surface area contributed by atoms with Gasteiger partial charge in [0.15, 0.2) is 0 Å². The molecule has 99 valence electrons. The monoisotopic (exact) mass is 327 g/mol. The van der Waals surface area contributed by atoms with Crippen molar-refractivity contribution in [3.8, 4) is 0 Å². The average Bonchev–Trinajstić information content (AvgIpc) is 2.34. The second-order valence-corrected chi connectivity index (χ2v) is 4.89. The molecule has 0 aliphatic heterocycles. The van der Waals surface area contributed by atoms with Crippen LogP contribution in [0.4, 0.5) is 0 Å². The Labute approximate surface area is 143 Å². The van der Waals surface area contributed by atoms with Crippen LogP contribution < -0.4 is 0 Å². The Morgan fingerprint density at radius 1 is 0.526 bits per heavy atom. The first kappa shape index (κ1) is 18.5. The first-order chi connectivity index (χ1) is 8.43. The van der Waals surface area contributed by atoms with Crippen LogP contribution in [0.5, 0.6) is 0 Å². The van der Waals surface area contributed by atoms with Crippen LogP contribution in [0.2, 0.25) is 0 Å². The fourth-order valence-corrected chi connectivity index (χ4v) is 1.64. The molecule has 0 saturated heterocycles. The van der Waals surface area contributed by atoms with Crippen molar-refractivity contribution in [3.63, 3.8) is 0 Å². The third-order valence-electron chi connectivity index (χ3n) is 3.57. The molecule has 0 fully saturated rings. The van der Waals surface area contributed by atoms with Gasteiger partial charge >= 0.3 is 0 Å². The Hall–Kier alpha value is -0.456. The van der Waals surface area contributed by atoms with Crippen LogP contribution >= 0.6 is 0 Å². The van der Waals surface area contributed by atoms with Crippen molar-refractivity contribution in [1.82, 2.24) is 0 Å². The number of rotatable bonds is 0. The third kappa shape index (κ3) is 5.59. The molecule has 0 aliphatic carbocycles. The van der Waals surface area contributed by atoms with Crippen molar-refractivity contribution in [2.45, 2.75) is 41.5 Å². The van der Waals surface area contributed by atoms with E-state index in [0.717, 1.165) is 0 Å². The Kier molecular flexibility index (Phi) is 8.45. The van der Waals surface area contributed by atoms with Gasteiger partial charge in [-0.2, -0.15) is 69.8 Å². The fraction of sp³-hybridized carbons (Fsp3) is 0.333. The minimum absolute atomic E-state index is 0. The maximum Gasteiger partial charge on any atom is 0 e. The van der Waals surface area contributed by atoms with Crippen molar-refractivity contribution < 1.29 is 32.7 Å². The van der Waals surface area contributed by atoms with Crippen LogP contribution in [0.25, 0.3) is 0 Å². The van der Waals surface area contributed by atoms with Gasteiger partial charge in [0.2, 0.25) is 0 Å². The summed E-state index contributed by atoms with van der Waals surface area (Å²) in [5, 5.41) is 0. The molecule has 2 aromatic rings. The topological polar surface area (TPSA) is 0 Å². The van der Waals surface area contributed by atoms with Crippen molar-refractivity contribution >= 4 is 0 Å². The van der Waals surface area contributed by atoms with E-state index < -0.39 is 0 Å². The molecule has 0 amide bonds. The van der Waals surface area contributed by atoms with E-state index in [4.69, 9.17) is 0 Å². The van der Waals surface area contributed by atoms with E-state index >= 15 is 0 Å².